The van der Waals surface area contributed by atoms with Crippen molar-refractivity contribution in [2.45, 2.75) is 232 Å². The van der Waals surface area contributed by atoms with E-state index in [9.17, 15) is 14.4 Å². The van der Waals surface area contributed by atoms with E-state index >= 15 is 0 Å². The molecule has 6 heteroatoms. The van der Waals surface area contributed by atoms with Gasteiger partial charge in [-0.1, -0.05) is 208 Å². The van der Waals surface area contributed by atoms with E-state index in [4.69, 9.17) is 14.2 Å². The van der Waals surface area contributed by atoms with Gasteiger partial charge in [-0.05, 0) is 96.3 Å². The maximum atomic E-state index is 12.7. The summed E-state index contributed by atoms with van der Waals surface area (Å²) < 4.78 is 16.6. The first kappa shape index (κ1) is 59.3. The number of rotatable bonds is 45. The van der Waals surface area contributed by atoms with Crippen LogP contribution in [0.15, 0.2) is 97.2 Å². The Morgan fingerprint density at radius 1 is 0.333 bits per heavy atom. The number of unbranched alkanes of at least 4 members (excludes halogenated alkanes) is 18. The molecule has 0 bridgehead atoms. The quantitative estimate of drug-likeness (QED) is 0.0262. The molecule has 358 valence electrons. The minimum Gasteiger partial charge on any atom is -0.462 e. The molecule has 0 aliphatic heterocycles. The summed E-state index contributed by atoms with van der Waals surface area (Å²) in [6.45, 7) is 6.29. The maximum Gasteiger partial charge on any atom is 0.306 e. The van der Waals surface area contributed by atoms with Crippen molar-refractivity contribution in [2.75, 3.05) is 13.2 Å². The first-order valence-corrected chi connectivity index (χ1v) is 25.7. The molecule has 63 heavy (non-hydrogen) atoms. The molecule has 1 atom stereocenters. The fourth-order valence-corrected chi connectivity index (χ4v) is 6.78. The van der Waals surface area contributed by atoms with Crippen LogP contribution in [0, 0.1) is 0 Å². The standard InChI is InChI=1S/C57H94O6/c1-4-7-10-13-15-17-19-21-23-25-26-27-28-29-30-32-33-35-37-39-41-44-47-50-56(59)62-53-54(52-61-55(58)49-46-43-12-9-6-3)63-57(60)51-48-45-42-40-38-36-34-31-24-22-20-18-16-14-11-8-5-2/h7-8,10-11,15-18,21-24,26-27,34,36,54H,4-6,9,12-14,19-20,25,28-33,35,37-53H2,1-3H3/b10-7-,11-8-,17-15-,18-16-,23-21-,24-22-,27-26-,36-34-. The SMILES string of the molecule is CC/C=C\C/C=C\C/C=C\C/C=C\CCCCCCCCCCCCC(=O)OCC(COC(=O)CCCCCCC)OC(=O)CCCCCC/C=C\C/C=C\C/C=C\C/C=C\CC. The highest BCUT2D eigenvalue weighted by atomic mass is 16.6. The van der Waals surface area contributed by atoms with Gasteiger partial charge in [0.15, 0.2) is 6.10 Å². The summed E-state index contributed by atoms with van der Waals surface area (Å²) in [6.07, 6.45) is 67.2. The summed E-state index contributed by atoms with van der Waals surface area (Å²) in [5.41, 5.74) is 0. The molecule has 0 amide bonds. The van der Waals surface area contributed by atoms with Crippen molar-refractivity contribution in [3.8, 4) is 0 Å². The van der Waals surface area contributed by atoms with Gasteiger partial charge in [-0.2, -0.15) is 0 Å². The highest BCUT2D eigenvalue weighted by molar-refractivity contribution is 5.71. The highest BCUT2D eigenvalue weighted by Gasteiger charge is 2.19. The summed E-state index contributed by atoms with van der Waals surface area (Å²) in [4.78, 5) is 37.7. The van der Waals surface area contributed by atoms with Gasteiger partial charge in [-0.15, -0.1) is 0 Å². The predicted molar refractivity (Wildman–Crippen MR) is 270 cm³/mol. The number of ether oxygens (including phenoxy) is 3. The third-order valence-corrected chi connectivity index (χ3v) is 10.6. The zero-order chi connectivity index (χ0) is 45.8. The van der Waals surface area contributed by atoms with Crippen LogP contribution in [0.25, 0.3) is 0 Å². The number of hydrogen-bond acceptors (Lipinski definition) is 6. The Bertz CT molecular complexity index is 1280. The fourth-order valence-electron chi connectivity index (χ4n) is 6.78. The third kappa shape index (κ3) is 49.2. The first-order valence-electron chi connectivity index (χ1n) is 25.7. The smallest absolute Gasteiger partial charge is 0.306 e. The zero-order valence-electron chi connectivity index (χ0n) is 40.8. The van der Waals surface area contributed by atoms with Crippen molar-refractivity contribution < 1.29 is 28.6 Å². The van der Waals surface area contributed by atoms with Crippen LogP contribution in [-0.4, -0.2) is 37.2 Å². The van der Waals surface area contributed by atoms with Gasteiger partial charge in [0, 0.05) is 19.3 Å². The molecule has 1 unspecified atom stereocenters. The van der Waals surface area contributed by atoms with E-state index in [1.165, 1.54) is 57.8 Å². The molecule has 0 rings (SSSR count). The Morgan fingerprint density at radius 2 is 0.619 bits per heavy atom. The Kier molecular flexibility index (Phi) is 48.0. The lowest BCUT2D eigenvalue weighted by Gasteiger charge is -2.18. The van der Waals surface area contributed by atoms with Gasteiger partial charge in [0.1, 0.15) is 13.2 Å². The van der Waals surface area contributed by atoms with Crippen molar-refractivity contribution in [1.29, 1.82) is 0 Å². The van der Waals surface area contributed by atoms with Gasteiger partial charge in [0.05, 0.1) is 0 Å². The molecule has 0 aliphatic rings. The molecule has 6 nitrogen and oxygen atoms in total. The Balaban J connectivity index is 4.19. The first-order chi connectivity index (χ1) is 31.0. The molecule has 0 aromatic carbocycles. The number of allylic oxidation sites excluding steroid dienone is 16. The van der Waals surface area contributed by atoms with E-state index in [0.717, 1.165) is 128 Å². The van der Waals surface area contributed by atoms with Crippen LogP contribution in [0.3, 0.4) is 0 Å². The number of carbonyl (C=O) groups is 3. The summed E-state index contributed by atoms with van der Waals surface area (Å²) >= 11 is 0. The van der Waals surface area contributed by atoms with Crippen LogP contribution in [-0.2, 0) is 28.6 Å². The van der Waals surface area contributed by atoms with Crippen molar-refractivity contribution in [2.24, 2.45) is 0 Å². The summed E-state index contributed by atoms with van der Waals surface area (Å²) in [6, 6.07) is 0. The van der Waals surface area contributed by atoms with Crippen LogP contribution in [0.5, 0.6) is 0 Å². The van der Waals surface area contributed by atoms with Crippen LogP contribution >= 0.6 is 0 Å². The van der Waals surface area contributed by atoms with Gasteiger partial charge in [-0.25, -0.2) is 0 Å². The monoisotopic (exact) mass is 875 g/mol. The average molecular weight is 875 g/mol. The van der Waals surface area contributed by atoms with Gasteiger partial charge in [0.2, 0.25) is 0 Å². The maximum absolute atomic E-state index is 12.7. The number of hydrogen-bond donors (Lipinski definition) is 0. The second kappa shape index (κ2) is 51.0. The van der Waals surface area contributed by atoms with Crippen LogP contribution < -0.4 is 0 Å². The Hall–Kier alpha value is -3.67. The Labute approximate surface area is 387 Å². The number of esters is 3. The van der Waals surface area contributed by atoms with Gasteiger partial charge < -0.3 is 14.2 Å². The summed E-state index contributed by atoms with van der Waals surface area (Å²) in [5, 5.41) is 0. The molecule has 0 saturated carbocycles. The normalized spacial score (nSPS) is 12.9. The lowest BCUT2D eigenvalue weighted by atomic mass is 10.1. The molecule has 0 aromatic heterocycles. The van der Waals surface area contributed by atoms with Gasteiger partial charge in [-0.3, -0.25) is 14.4 Å². The molecular formula is C57H94O6. The molecule has 0 N–H and O–H groups in total. The van der Waals surface area contributed by atoms with Crippen molar-refractivity contribution in [1.82, 2.24) is 0 Å². The largest absolute Gasteiger partial charge is 0.462 e. The minimum absolute atomic E-state index is 0.0903. The molecule has 0 heterocycles. The Morgan fingerprint density at radius 3 is 0.968 bits per heavy atom. The highest BCUT2D eigenvalue weighted by Crippen LogP contribution is 2.14. The number of carbonyl (C=O) groups excluding carboxylic acids is 3. The van der Waals surface area contributed by atoms with Crippen LogP contribution in [0.2, 0.25) is 0 Å². The summed E-state index contributed by atoms with van der Waals surface area (Å²) in [5.74, 6) is -0.936. The molecule has 0 spiro atoms. The van der Waals surface area contributed by atoms with Gasteiger partial charge >= 0.3 is 17.9 Å². The van der Waals surface area contributed by atoms with E-state index in [1.807, 2.05) is 0 Å². The minimum atomic E-state index is -0.789. The molecule has 0 saturated heterocycles. The lowest BCUT2D eigenvalue weighted by Crippen LogP contribution is -2.30. The van der Waals surface area contributed by atoms with E-state index in [1.54, 1.807) is 0 Å². The van der Waals surface area contributed by atoms with E-state index in [2.05, 4.69) is 118 Å². The molecule has 0 radical (unpaired) electrons. The topological polar surface area (TPSA) is 78.9 Å². The van der Waals surface area contributed by atoms with Crippen molar-refractivity contribution in [3.63, 3.8) is 0 Å². The molecular weight excluding hydrogens is 781 g/mol. The van der Waals surface area contributed by atoms with E-state index in [-0.39, 0.29) is 31.1 Å². The van der Waals surface area contributed by atoms with E-state index in [0.29, 0.717) is 19.3 Å². The average Bonchev–Trinajstić information content (AvgIpc) is 3.28. The summed E-state index contributed by atoms with van der Waals surface area (Å²) in [7, 11) is 0. The molecule has 0 fully saturated rings. The fraction of sp³-hybridized carbons (Fsp3) is 0.667. The molecule has 0 aliphatic carbocycles. The second-order valence-corrected chi connectivity index (χ2v) is 16.7. The predicted octanol–water partition coefficient (Wildman–Crippen LogP) is 17.0. The van der Waals surface area contributed by atoms with Gasteiger partial charge in [0.25, 0.3) is 0 Å². The zero-order valence-corrected chi connectivity index (χ0v) is 40.8. The second-order valence-electron chi connectivity index (χ2n) is 16.7. The van der Waals surface area contributed by atoms with Crippen LogP contribution in [0.4, 0.5) is 0 Å². The molecule has 0 aromatic rings. The van der Waals surface area contributed by atoms with Crippen LogP contribution in [0.1, 0.15) is 226 Å². The lowest BCUT2D eigenvalue weighted by molar-refractivity contribution is -0.167. The third-order valence-electron chi connectivity index (χ3n) is 10.6. The van der Waals surface area contributed by atoms with E-state index < -0.39 is 6.10 Å². The van der Waals surface area contributed by atoms with Crippen molar-refractivity contribution >= 4 is 17.9 Å². The van der Waals surface area contributed by atoms with Crippen molar-refractivity contribution in [3.05, 3.63) is 97.2 Å².